The summed E-state index contributed by atoms with van der Waals surface area (Å²) in [7, 11) is -2.11. The highest BCUT2D eigenvalue weighted by Gasteiger charge is 2.30. The van der Waals surface area contributed by atoms with Crippen molar-refractivity contribution in [2.75, 3.05) is 186 Å². The lowest BCUT2D eigenvalue weighted by Crippen LogP contribution is -2.46. The molecule has 2 atom stereocenters. The Balaban J connectivity index is 0.809. The van der Waals surface area contributed by atoms with Crippen molar-refractivity contribution in [3.63, 3.8) is 0 Å². The zero-order valence-electron chi connectivity index (χ0n) is 51.2. The molecule has 6 N–H and O–H groups in total. The highest BCUT2D eigenvalue weighted by atomic mass is 35.5. The second-order valence-corrected chi connectivity index (χ2v) is 26.3. The number of methoxy groups -OCH3 is 1. The van der Waals surface area contributed by atoms with E-state index < -0.39 is 32.1 Å². The largest absolute Gasteiger partial charge is 0.382 e. The number of carbonyl (C=O) groups excluding carboxylic acids is 3. The SMILES string of the molecule is COCCOCCOCCOCCC(=O)N(CCNC(=O)NCCOCCOCCNS(=O)(=O)c1cccc([C@@H]2CN(C)Cc3c(Cl)cc(Cl)cc32)c1)CCNC(=O)NCCOCCOCCNS(=O)(=O)c1cccc([C@@H]2CN(C)Cc3c(Cl)cc(Cl)cc32)c1. The number of benzene rings is 4. The number of carbonyl (C=O) groups is 3. The first-order chi connectivity index (χ1) is 43.3. The van der Waals surface area contributed by atoms with Gasteiger partial charge in [-0.3, -0.25) is 4.79 Å². The maximum Gasteiger partial charge on any atom is 0.314 e. The molecule has 2 heterocycles. The number of fused-ring (bicyclic) bond motifs is 2. The Hall–Kier alpha value is -4.53. The number of hydrogen-bond acceptors (Lipinski definition) is 17. The summed E-state index contributed by atoms with van der Waals surface area (Å²) < 4.78 is 102. The molecule has 24 nitrogen and oxygen atoms in total. The van der Waals surface area contributed by atoms with Crippen LogP contribution in [-0.2, 0) is 75.8 Å². The van der Waals surface area contributed by atoms with E-state index in [9.17, 15) is 31.2 Å². The molecule has 90 heavy (non-hydrogen) atoms. The first-order valence-electron chi connectivity index (χ1n) is 29.7. The van der Waals surface area contributed by atoms with Crippen LogP contribution in [0.2, 0.25) is 20.1 Å². The number of likely N-dealkylation sites (N-methyl/N-ethyl adjacent to an activating group) is 2. The lowest BCUT2D eigenvalue weighted by Gasteiger charge is -2.33. The fraction of sp³-hybridized carbons (Fsp3) is 0.550. The molecule has 0 fully saturated rings. The average Bonchev–Trinajstić information content (AvgIpc) is 0.805. The van der Waals surface area contributed by atoms with E-state index in [2.05, 4.69) is 40.5 Å². The summed E-state index contributed by atoms with van der Waals surface area (Å²) in [5, 5.41) is 13.1. The van der Waals surface area contributed by atoms with E-state index in [-0.39, 0.29) is 152 Å². The molecule has 4 aromatic rings. The van der Waals surface area contributed by atoms with Crippen LogP contribution in [0, 0.1) is 0 Å². The number of hydrogen-bond donors (Lipinski definition) is 6. The highest BCUT2D eigenvalue weighted by Crippen LogP contribution is 2.40. The molecule has 2 aliphatic rings. The fourth-order valence-electron chi connectivity index (χ4n) is 9.94. The second-order valence-electron chi connectivity index (χ2n) is 21.1. The van der Waals surface area contributed by atoms with Gasteiger partial charge in [0.1, 0.15) is 0 Å². The minimum atomic E-state index is -3.84. The lowest BCUT2D eigenvalue weighted by atomic mass is 9.85. The molecule has 0 unspecified atom stereocenters. The molecule has 0 aromatic heterocycles. The molecule has 4 aromatic carbocycles. The van der Waals surface area contributed by atoms with E-state index in [1.54, 1.807) is 55.6 Å². The summed E-state index contributed by atoms with van der Waals surface area (Å²) in [5.41, 5.74) is 5.57. The van der Waals surface area contributed by atoms with Gasteiger partial charge in [0, 0.05) is 118 Å². The quantitative estimate of drug-likeness (QED) is 0.0308. The van der Waals surface area contributed by atoms with Crippen molar-refractivity contribution in [2.45, 2.75) is 41.1 Å². The fourth-order valence-corrected chi connectivity index (χ4v) is 13.2. The van der Waals surface area contributed by atoms with Gasteiger partial charge in [-0.1, -0.05) is 70.7 Å². The number of rotatable bonds is 42. The highest BCUT2D eigenvalue weighted by molar-refractivity contribution is 7.89. The number of nitrogens with zero attached hydrogens (tertiary/aromatic N) is 3. The topological polar surface area (TPSA) is 275 Å². The maximum absolute atomic E-state index is 13.3. The molecule has 0 saturated heterocycles. The van der Waals surface area contributed by atoms with Gasteiger partial charge in [0.2, 0.25) is 26.0 Å². The van der Waals surface area contributed by atoms with E-state index >= 15 is 0 Å². The zero-order valence-corrected chi connectivity index (χ0v) is 55.8. The van der Waals surface area contributed by atoms with Gasteiger partial charge in [0.15, 0.2) is 0 Å². The van der Waals surface area contributed by atoms with Crippen LogP contribution in [0.5, 0.6) is 0 Å². The van der Waals surface area contributed by atoms with E-state index in [1.807, 2.05) is 38.4 Å². The average molecular weight is 1380 g/mol. The first kappa shape index (κ1) is 74.5. The Kier molecular flexibility index (Phi) is 33.0. The smallest absolute Gasteiger partial charge is 0.314 e. The predicted molar refractivity (Wildman–Crippen MR) is 344 cm³/mol. The number of sulfonamides is 2. The van der Waals surface area contributed by atoms with Gasteiger partial charge < -0.3 is 73.9 Å². The van der Waals surface area contributed by atoms with Gasteiger partial charge in [0.25, 0.3) is 0 Å². The molecule has 0 bridgehead atoms. The van der Waals surface area contributed by atoms with Gasteiger partial charge in [-0.05, 0) is 96.0 Å². The maximum atomic E-state index is 13.3. The normalized spacial score (nSPS) is 15.3. The molecular weight excluding hydrogens is 1290 g/mol. The van der Waals surface area contributed by atoms with Crippen LogP contribution in [0.3, 0.4) is 0 Å². The third-order valence-electron chi connectivity index (χ3n) is 14.3. The molecule has 0 saturated carbocycles. The van der Waals surface area contributed by atoms with Gasteiger partial charge >= 0.3 is 12.1 Å². The predicted octanol–water partition coefficient (Wildman–Crippen LogP) is 5.29. The Morgan fingerprint density at radius 1 is 0.489 bits per heavy atom. The van der Waals surface area contributed by atoms with Crippen LogP contribution in [-0.4, -0.2) is 235 Å². The second kappa shape index (κ2) is 39.9. The molecule has 0 spiro atoms. The van der Waals surface area contributed by atoms with E-state index in [1.165, 1.54) is 4.90 Å². The molecule has 30 heteroatoms. The van der Waals surface area contributed by atoms with E-state index in [0.29, 0.717) is 79.3 Å². The molecule has 0 radical (unpaired) electrons. The number of nitrogens with one attached hydrogen (secondary N) is 6. The Morgan fingerprint density at radius 2 is 0.856 bits per heavy atom. The number of ether oxygens (including phenoxy) is 8. The number of urea groups is 2. The van der Waals surface area contributed by atoms with Crippen LogP contribution >= 0.6 is 46.4 Å². The van der Waals surface area contributed by atoms with Crippen molar-refractivity contribution in [1.29, 1.82) is 0 Å². The Labute approximate surface area is 548 Å². The molecular formula is C60H85Cl4N9O15S2. The number of halogens is 4. The van der Waals surface area contributed by atoms with Crippen molar-refractivity contribution < 1.29 is 69.1 Å². The minimum absolute atomic E-state index is 0.0409. The number of amides is 5. The van der Waals surface area contributed by atoms with Crippen LogP contribution in [0.25, 0.3) is 0 Å². The third kappa shape index (κ3) is 25.8. The van der Waals surface area contributed by atoms with Crippen LogP contribution in [0.4, 0.5) is 9.59 Å². The monoisotopic (exact) mass is 1380 g/mol. The Bertz CT molecular complexity index is 2940. The van der Waals surface area contributed by atoms with E-state index in [0.717, 1.165) is 33.4 Å². The summed E-state index contributed by atoms with van der Waals surface area (Å²) in [6, 6.07) is 20.0. The summed E-state index contributed by atoms with van der Waals surface area (Å²) >= 11 is 25.8. The van der Waals surface area contributed by atoms with Gasteiger partial charge in [0.05, 0.1) is 115 Å². The molecule has 500 valence electrons. The Morgan fingerprint density at radius 3 is 1.27 bits per heavy atom. The third-order valence-corrected chi connectivity index (χ3v) is 18.4. The van der Waals surface area contributed by atoms with Crippen LogP contribution in [0.1, 0.15) is 51.6 Å². The van der Waals surface area contributed by atoms with Gasteiger partial charge in [-0.25, -0.2) is 35.9 Å². The van der Waals surface area contributed by atoms with E-state index in [4.69, 9.17) is 84.3 Å². The first-order valence-corrected chi connectivity index (χ1v) is 34.2. The summed E-state index contributed by atoms with van der Waals surface area (Å²) in [6.45, 7) is 7.51. The molecule has 0 aliphatic carbocycles. The van der Waals surface area contributed by atoms with Crippen molar-refractivity contribution in [3.8, 4) is 0 Å². The standard InChI is InChI=1S/C60H85Cl4N9O15S2/c1-71-40-52(50-36-46(61)38-56(63)54(50)42-71)44-6-4-8-48(34-44)89(77,78)69-15-22-85-29-27-83-20-13-67-59(75)65-11-17-73(58(74)10-19-82-26-31-88-33-32-87-25-24-81-3)18-12-66-60(76)68-14-21-84-28-30-86-23-16-70-90(79,80)49-9-5-7-45(35-49)53-41-72(2)43-55-51(53)37-47(62)39-57(55)64/h4-9,34-39,52-53,69-70H,10-33,40-43H2,1-3H3,(H2,65,67,75)(H2,66,68,76)/t52-,53-/m0/s1. The van der Waals surface area contributed by atoms with Crippen LogP contribution in [0.15, 0.2) is 82.6 Å². The lowest BCUT2D eigenvalue weighted by molar-refractivity contribution is -0.132. The summed E-state index contributed by atoms with van der Waals surface area (Å²) in [4.78, 5) is 44.6. The van der Waals surface area contributed by atoms with Crippen molar-refractivity contribution in [2.24, 2.45) is 0 Å². The summed E-state index contributed by atoms with van der Waals surface area (Å²) in [6.07, 6.45) is 0.0545. The van der Waals surface area contributed by atoms with Crippen molar-refractivity contribution in [1.82, 2.24) is 45.4 Å². The molecule has 6 rings (SSSR count). The van der Waals surface area contributed by atoms with Gasteiger partial charge in [-0.2, -0.15) is 0 Å². The van der Waals surface area contributed by atoms with Crippen molar-refractivity contribution in [3.05, 3.63) is 126 Å². The minimum Gasteiger partial charge on any atom is -0.382 e. The van der Waals surface area contributed by atoms with Crippen LogP contribution < -0.4 is 30.7 Å². The molecule has 5 amide bonds. The van der Waals surface area contributed by atoms with Crippen molar-refractivity contribution >= 4 is 84.4 Å². The molecule has 2 aliphatic heterocycles. The zero-order chi connectivity index (χ0) is 64.7. The van der Waals surface area contributed by atoms with Gasteiger partial charge in [-0.15, -0.1) is 0 Å². The summed E-state index contributed by atoms with van der Waals surface area (Å²) in [5.74, 6) is -0.487.